The van der Waals surface area contributed by atoms with Gasteiger partial charge in [-0.05, 0) is 18.8 Å². The molecule has 4 N–H and O–H groups in total. The lowest BCUT2D eigenvalue weighted by atomic mass is 9.88. The molecule has 0 aromatic heterocycles. The third kappa shape index (κ3) is 1.79. The molecule has 0 spiro atoms. The van der Waals surface area contributed by atoms with E-state index in [1.165, 1.54) is 12.8 Å². The summed E-state index contributed by atoms with van der Waals surface area (Å²) in [6.45, 7) is 3.80. The predicted molar refractivity (Wildman–Crippen MR) is 49.9 cm³/mol. The number of nitrogens with one attached hydrogen (secondary N) is 1. The molecule has 1 fully saturated rings. The topological polar surface area (TPSA) is 58.3 Å². The zero-order valence-electron chi connectivity index (χ0n) is 7.84. The average molecular weight is 172 g/mol. The highest BCUT2D eigenvalue weighted by Crippen LogP contribution is 2.34. The van der Waals surface area contributed by atoms with E-state index in [4.69, 9.17) is 10.8 Å². The molecule has 12 heavy (non-hydrogen) atoms. The molecule has 0 radical (unpaired) electrons. The van der Waals surface area contributed by atoms with E-state index in [2.05, 4.69) is 12.2 Å². The molecule has 1 rings (SSSR count). The average Bonchev–Trinajstić information content (AvgIpc) is 2.45. The largest absolute Gasteiger partial charge is 0.395 e. The lowest BCUT2D eigenvalue weighted by Gasteiger charge is -2.33. The van der Waals surface area contributed by atoms with Gasteiger partial charge in [-0.15, -0.1) is 0 Å². The highest BCUT2D eigenvalue weighted by Gasteiger charge is 2.38. The van der Waals surface area contributed by atoms with E-state index in [9.17, 15) is 0 Å². The zero-order valence-corrected chi connectivity index (χ0v) is 7.84. The molecule has 2 atom stereocenters. The van der Waals surface area contributed by atoms with Gasteiger partial charge in [0.1, 0.15) is 0 Å². The number of nitrogens with two attached hydrogens (primary N) is 1. The van der Waals surface area contributed by atoms with Crippen molar-refractivity contribution in [1.29, 1.82) is 0 Å². The molecule has 1 aliphatic rings. The van der Waals surface area contributed by atoms with Crippen molar-refractivity contribution in [2.75, 3.05) is 19.7 Å². The lowest BCUT2D eigenvalue weighted by Crippen LogP contribution is -2.53. The molecule has 3 heteroatoms. The molecule has 0 bridgehead atoms. The number of aliphatic hydroxyl groups is 1. The van der Waals surface area contributed by atoms with Gasteiger partial charge in [-0.3, -0.25) is 0 Å². The van der Waals surface area contributed by atoms with Gasteiger partial charge in [0.25, 0.3) is 0 Å². The van der Waals surface area contributed by atoms with E-state index in [1.807, 2.05) is 0 Å². The minimum absolute atomic E-state index is 0.114. The maximum Gasteiger partial charge on any atom is 0.0556 e. The van der Waals surface area contributed by atoms with E-state index >= 15 is 0 Å². The first-order chi connectivity index (χ1) is 5.75. The van der Waals surface area contributed by atoms with Crippen molar-refractivity contribution in [3.8, 4) is 0 Å². The third-order valence-corrected chi connectivity index (χ3v) is 3.16. The highest BCUT2D eigenvalue weighted by atomic mass is 16.3. The molecule has 0 aromatic carbocycles. The molecule has 1 aliphatic carbocycles. The summed E-state index contributed by atoms with van der Waals surface area (Å²) in [6.07, 6.45) is 3.68. The van der Waals surface area contributed by atoms with Crippen molar-refractivity contribution in [2.24, 2.45) is 11.7 Å². The molecule has 2 unspecified atom stereocenters. The normalized spacial score (nSPS) is 35.8. The Bertz CT molecular complexity index is 140. The Morgan fingerprint density at radius 1 is 1.67 bits per heavy atom. The molecule has 72 valence electrons. The standard InChI is InChI=1S/C9H20N2O/c1-8-3-2-4-9(8,7-10)11-5-6-12/h8,11-12H,2-7,10H2,1H3. The minimum atomic E-state index is 0.114. The lowest BCUT2D eigenvalue weighted by molar-refractivity contribution is 0.224. The minimum Gasteiger partial charge on any atom is -0.395 e. The van der Waals surface area contributed by atoms with Gasteiger partial charge >= 0.3 is 0 Å². The third-order valence-electron chi connectivity index (χ3n) is 3.16. The van der Waals surface area contributed by atoms with Crippen LogP contribution < -0.4 is 11.1 Å². The van der Waals surface area contributed by atoms with Crippen LogP contribution in [0.2, 0.25) is 0 Å². The van der Waals surface area contributed by atoms with Crippen LogP contribution >= 0.6 is 0 Å². The SMILES string of the molecule is CC1CCCC1(CN)NCCO. The molecule has 0 saturated heterocycles. The second-order valence-corrected chi connectivity index (χ2v) is 3.80. The highest BCUT2D eigenvalue weighted by molar-refractivity contribution is 4.98. The number of aliphatic hydroxyl groups excluding tert-OH is 1. The molecule has 0 aliphatic heterocycles. The maximum absolute atomic E-state index is 8.72. The molecular weight excluding hydrogens is 152 g/mol. The fourth-order valence-electron chi connectivity index (χ4n) is 2.19. The van der Waals surface area contributed by atoms with E-state index in [-0.39, 0.29) is 12.1 Å². The molecule has 0 aromatic rings. The Hall–Kier alpha value is -0.120. The van der Waals surface area contributed by atoms with Crippen LogP contribution in [0, 0.1) is 5.92 Å². The van der Waals surface area contributed by atoms with E-state index in [1.54, 1.807) is 0 Å². The van der Waals surface area contributed by atoms with Crippen LogP contribution in [-0.2, 0) is 0 Å². The van der Waals surface area contributed by atoms with Crippen molar-refractivity contribution in [1.82, 2.24) is 5.32 Å². The number of hydrogen-bond donors (Lipinski definition) is 3. The fourth-order valence-corrected chi connectivity index (χ4v) is 2.19. The van der Waals surface area contributed by atoms with Crippen LogP contribution in [0.3, 0.4) is 0 Å². The van der Waals surface area contributed by atoms with Crippen LogP contribution in [0.5, 0.6) is 0 Å². The van der Waals surface area contributed by atoms with Crippen LogP contribution in [0.25, 0.3) is 0 Å². The summed E-state index contributed by atoms with van der Waals surface area (Å²) in [7, 11) is 0. The molecule has 3 nitrogen and oxygen atoms in total. The van der Waals surface area contributed by atoms with Gasteiger partial charge in [-0.2, -0.15) is 0 Å². The van der Waals surface area contributed by atoms with Crippen molar-refractivity contribution in [3.63, 3.8) is 0 Å². The number of rotatable bonds is 4. The Labute approximate surface area is 74.3 Å². The Balaban J connectivity index is 2.49. The number of hydrogen-bond acceptors (Lipinski definition) is 3. The maximum atomic E-state index is 8.72. The zero-order chi connectivity index (χ0) is 9.03. The monoisotopic (exact) mass is 172 g/mol. The number of β-amino-alcohol motifs (C(OH)–C–C–N with tert-alkyl or cyclic N) is 1. The smallest absolute Gasteiger partial charge is 0.0556 e. The van der Waals surface area contributed by atoms with Crippen molar-refractivity contribution in [3.05, 3.63) is 0 Å². The molecular formula is C9H20N2O. The van der Waals surface area contributed by atoms with Gasteiger partial charge in [0, 0.05) is 18.6 Å². The predicted octanol–water partition coefficient (Wildman–Crippen LogP) is 0.0858. The second kappa shape index (κ2) is 4.21. The van der Waals surface area contributed by atoms with Crippen molar-refractivity contribution < 1.29 is 5.11 Å². The molecule has 0 amide bonds. The fraction of sp³-hybridized carbons (Fsp3) is 1.00. The van der Waals surface area contributed by atoms with Gasteiger partial charge in [0.05, 0.1) is 6.61 Å². The van der Waals surface area contributed by atoms with Crippen LogP contribution in [-0.4, -0.2) is 30.3 Å². The Morgan fingerprint density at radius 2 is 2.42 bits per heavy atom. The van der Waals surface area contributed by atoms with E-state index in [0.29, 0.717) is 19.0 Å². The summed E-state index contributed by atoms with van der Waals surface area (Å²) in [5, 5.41) is 12.1. The van der Waals surface area contributed by atoms with Crippen LogP contribution in [0.15, 0.2) is 0 Å². The van der Waals surface area contributed by atoms with E-state index in [0.717, 1.165) is 6.42 Å². The summed E-state index contributed by atoms with van der Waals surface area (Å²) in [5.74, 6) is 0.647. The van der Waals surface area contributed by atoms with Crippen LogP contribution in [0.1, 0.15) is 26.2 Å². The van der Waals surface area contributed by atoms with Gasteiger partial charge in [0.15, 0.2) is 0 Å². The van der Waals surface area contributed by atoms with Crippen molar-refractivity contribution in [2.45, 2.75) is 31.7 Å². The molecule has 1 saturated carbocycles. The second-order valence-electron chi connectivity index (χ2n) is 3.80. The summed E-state index contributed by atoms with van der Waals surface area (Å²) in [6, 6.07) is 0. The Morgan fingerprint density at radius 3 is 2.83 bits per heavy atom. The quantitative estimate of drug-likeness (QED) is 0.563. The van der Waals surface area contributed by atoms with Gasteiger partial charge in [-0.1, -0.05) is 13.3 Å². The summed E-state index contributed by atoms with van der Waals surface area (Å²) >= 11 is 0. The van der Waals surface area contributed by atoms with Gasteiger partial charge < -0.3 is 16.2 Å². The Kier molecular flexibility index (Phi) is 3.50. The summed E-state index contributed by atoms with van der Waals surface area (Å²) in [4.78, 5) is 0. The van der Waals surface area contributed by atoms with Gasteiger partial charge in [-0.25, -0.2) is 0 Å². The van der Waals surface area contributed by atoms with Gasteiger partial charge in [0.2, 0.25) is 0 Å². The summed E-state index contributed by atoms with van der Waals surface area (Å²) < 4.78 is 0. The van der Waals surface area contributed by atoms with Crippen LogP contribution in [0.4, 0.5) is 0 Å². The first-order valence-electron chi connectivity index (χ1n) is 4.81. The first kappa shape index (κ1) is 9.96. The van der Waals surface area contributed by atoms with Crippen molar-refractivity contribution >= 4 is 0 Å². The molecule has 0 heterocycles. The summed E-state index contributed by atoms with van der Waals surface area (Å²) in [5.41, 5.74) is 5.87. The first-order valence-corrected chi connectivity index (χ1v) is 4.81. The van der Waals surface area contributed by atoms with E-state index < -0.39 is 0 Å².